The minimum Gasteiger partial charge on any atom is -0.294 e. The van der Waals surface area contributed by atoms with E-state index in [0.717, 1.165) is 19.2 Å². The molecule has 0 saturated carbocycles. The van der Waals surface area contributed by atoms with Gasteiger partial charge in [0.15, 0.2) is 5.78 Å². The van der Waals surface area contributed by atoms with E-state index < -0.39 is 0 Å². The van der Waals surface area contributed by atoms with Crippen molar-refractivity contribution in [1.82, 2.24) is 4.98 Å². The van der Waals surface area contributed by atoms with Gasteiger partial charge < -0.3 is 0 Å². The van der Waals surface area contributed by atoms with Crippen molar-refractivity contribution < 1.29 is 4.79 Å². The largest absolute Gasteiger partial charge is 0.294 e. The molecule has 0 amide bonds. The number of aromatic nitrogens is 1. The van der Waals surface area contributed by atoms with Gasteiger partial charge in [0.1, 0.15) is 0 Å². The van der Waals surface area contributed by atoms with Crippen LogP contribution in [0.2, 0.25) is 0 Å². The Morgan fingerprint density at radius 3 is 2.76 bits per heavy atom. The molecule has 0 atom stereocenters. The molecule has 0 bridgehead atoms. The molecule has 0 unspecified atom stereocenters. The lowest BCUT2D eigenvalue weighted by molar-refractivity contribution is 0.0992. The summed E-state index contributed by atoms with van der Waals surface area (Å²) in [5.74, 6) is 0.120. The number of hydrogen-bond acceptors (Lipinski definition) is 2. The number of Topliss-reactive ketones (excluding diaryl/α,β-unsaturated/α-hetero) is 1. The van der Waals surface area contributed by atoms with E-state index in [4.69, 9.17) is 0 Å². The molecule has 0 aliphatic heterocycles. The van der Waals surface area contributed by atoms with Gasteiger partial charge in [-0.05, 0) is 56.2 Å². The van der Waals surface area contributed by atoms with E-state index in [9.17, 15) is 4.79 Å². The molecule has 0 saturated heterocycles. The van der Waals surface area contributed by atoms with Crippen LogP contribution in [0.25, 0.3) is 0 Å². The predicted molar refractivity (Wildman–Crippen MR) is 79.1 cm³/mol. The molecule has 2 aromatic rings. The van der Waals surface area contributed by atoms with Crippen molar-refractivity contribution in [2.24, 2.45) is 0 Å². The average molecular weight is 402 g/mol. The number of carbonyl (C=O) groups is 1. The molecular weight excluding hydrogens is 393 g/mol. The lowest BCUT2D eigenvalue weighted by Gasteiger charge is -2.03. The fraction of sp³-hybridized carbons (Fsp3) is 0.0769. The zero-order chi connectivity index (χ0) is 12.3. The first kappa shape index (κ1) is 12.7. The second-order valence-electron chi connectivity index (χ2n) is 3.59. The number of benzene rings is 1. The minimum absolute atomic E-state index is 0.120. The number of rotatable bonds is 3. The van der Waals surface area contributed by atoms with Crippen LogP contribution in [-0.2, 0) is 6.42 Å². The fourth-order valence-electron chi connectivity index (χ4n) is 1.52. The molecule has 0 aliphatic carbocycles. The first-order chi connectivity index (χ1) is 8.16. The highest BCUT2D eigenvalue weighted by molar-refractivity contribution is 14.1. The van der Waals surface area contributed by atoms with Crippen molar-refractivity contribution >= 4 is 44.3 Å². The molecule has 0 radical (unpaired) electrons. The standard InChI is InChI=1S/C13H9BrINO/c14-10-5-9(7-16-8-10)6-13(17)11-3-1-2-4-12(11)15/h1-5,7-8H,6H2. The third-order valence-electron chi connectivity index (χ3n) is 2.30. The van der Waals surface area contributed by atoms with Crippen LogP contribution in [0.5, 0.6) is 0 Å². The highest BCUT2D eigenvalue weighted by Crippen LogP contribution is 2.16. The van der Waals surface area contributed by atoms with Crippen LogP contribution in [0, 0.1) is 3.57 Å². The van der Waals surface area contributed by atoms with Gasteiger partial charge in [0, 0.05) is 32.4 Å². The van der Waals surface area contributed by atoms with Crippen molar-refractivity contribution in [1.29, 1.82) is 0 Å². The Morgan fingerprint density at radius 1 is 1.29 bits per heavy atom. The lowest BCUT2D eigenvalue weighted by Crippen LogP contribution is -2.05. The van der Waals surface area contributed by atoms with Crippen molar-refractivity contribution in [3.05, 3.63) is 61.9 Å². The summed E-state index contributed by atoms with van der Waals surface area (Å²) in [5, 5.41) is 0. The Hall–Kier alpha value is -0.750. The van der Waals surface area contributed by atoms with Crippen LogP contribution in [-0.4, -0.2) is 10.8 Å². The molecule has 2 nitrogen and oxygen atoms in total. The molecule has 0 fully saturated rings. The predicted octanol–water partition coefficient (Wildman–Crippen LogP) is 3.87. The topological polar surface area (TPSA) is 30.0 Å². The van der Waals surface area contributed by atoms with Gasteiger partial charge in [-0.25, -0.2) is 0 Å². The summed E-state index contributed by atoms with van der Waals surface area (Å²) in [6.45, 7) is 0. The van der Waals surface area contributed by atoms with Crippen molar-refractivity contribution in [2.45, 2.75) is 6.42 Å². The second kappa shape index (κ2) is 5.73. The van der Waals surface area contributed by atoms with E-state index in [0.29, 0.717) is 6.42 Å². The number of ketones is 1. The quantitative estimate of drug-likeness (QED) is 0.577. The molecule has 0 aliphatic rings. The van der Waals surface area contributed by atoms with Crippen molar-refractivity contribution in [2.75, 3.05) is 0 Å². The van der Waals surface area contributed by atoms with Crippen molar-refractivity contribution in [3.8, 4) is 0 Å². The molecule has 2 rings (SSSR count). The Labute approximate surface area is 122 Å². The van der Waals surface area contributed by atoms with Gasteiger partial charge in [-0.15, -0.1) is 0 Å². The highest BCUT2D eigenvalue weighted by atomic mass is 127. The van der Waals surface area contributed by atoms with E-state index in [2.05, 4.69) is 43.5 Å². The third-order valence-corrected chi connectivity index (χ3v) is 3.67. The van der Waals surface area contributed by atoms with E-state index in [1.54, 1.807) is 12.4 Å². The molecule has 0 N–H and O–H groups in total. The van der Waals surface area contributed by atoms with E-state index in [1.807, 2.05) is 30.3 Å². The molecule has 1 heterocycles. The second-order valence-corrected chi connectivity index (χ2v) is 5.67. The van der Waals surface area contributed by atoms with Crippen molar-refractivity contribution in [3.63, 3.8) is 0 Å². The zero-order valence-corrected chi connectivity index (χ0v) is 12.6. The normalized spacial score (nSPS) is 10.2. The maximum Gasteiger partial charge on any atom is 0.168 e. The molecular formula is C13H9BrINO. The van der Waals surface area contributed by atoms with Gasteiger partial charge in [-0.2, -0.15) is 0 Å². The molecule has 86 valence electrons. The lowest BCUT2D eigenvalue weighted by atomic mass is 10.0. The number of pyridine rings is 1. The molecule has 0 spiro atoms. The third kappa shape index (κ3) is 3.35. The summed E-state index contributed by atoms with van der Waals surface area (Å²) in [7, 11) is 0. The van der Waals surface area contributed by atoms with E-state index in [1.165, 1.54) is 0 Å². The van der Waals surface area contributed by atoms with Gasteiger partial charge in [0.05, 0.1) is 0 Å². The summed E-state index contributed by atoms with van der Waals surface area (Å²) >= 11 is 5.53. The summed E-state index contributed by atoms with van der Waals surface area (Å²) < 4.78 is 1.88. The summed E-state index contributed by atoms with van der Waals surface area (Å²) in [4.78, 5) is 16.2. The van der Waals surface area contributed by atoms with Gasteiger partial charge in [-0.1, -0.05) is 18.2 Å². The fourth-order valence-corrected chi connectivity index (χ4v) is 2.62. The molecule has 17 heavy (non-hydrogen) atoms. The van der Waals surface area contributed by atoms with Gasteiger partial charge in [-0.3, -0.25) is 9.78 Å². The first-order valence-corrected chi connectivity index (χ1v) is 6.91. The van der Waals surface area contributed by atoms with Gasteiger partial charge >= 0.3 is 0 Å². The Morgan fingerprint density at radius 2 is 2.06 bits per heavy atom. The SMILES string of the molecule is O=C(Cc1cncc(Br)c1)c1ccccc1I. The minimum atomic E-state index is 0.120. The van der Waals surface area contributed by atoms with Crippen LogP contribution in [0.4, 0.5) is 0 Å². The van der Waals surface area contributed by atoms with Crippen LogP contribution >= 0.6 is 38.5 Å². The average Bonchev–Trinajstić information content (AvgIpc) is 2.29. The summed E-state index contributed by atoms with van der Waals surface area (Å²) in [5.41, 5.74) is 1.69. The van der Waals surface area contributed by atoms with E-state index in [-0.39, 0.29) is 5.78 Å². The van der Waals surface area contributed by atoms with Crippen LogP contribution in [0.15, 0.2) is 47.2 Å². The highest BCUT2D eigenvalue weighted by Gasteiger charge is 2.10. The zero-order valence-electron chi connectivity index (χ0n) is 8.86. The number of carbonyl (C=O) groups excluding carboxylic acids is 1. The Kier molecular flexibility index (Phi) is 4.28. The maximum absolute atomic E-state index is 12.1. The van der Waals surface area contributed by atoms with Crippen LogP contribution in [0.1, 0.15) is 15.9 Å². The van der Waals surface area contributed by atoms with Crippen LogP contribution < -0.4 is 0 Å². The Bertz CT molecular complexity index is 557. The monoisotopic (exact) mass is 401 g/mol. The molecule has 1 aromatic carbocycles. The molecule has 1 aromatic heterocycles. The summed E-state index contributed by atoms with van der Waals surface area (Å²) in [6.07, 6.45) is 3.81. The van der Waals surface area contributed by atoms with Gasteiger partial charge in [0.25, 0.3) is 0 Å². The first-order valence-electron chi connectivity index (χ1n) is 5.04. The molecule has 4 heteroatoms. The number of nitrogens with zero attached hydrogens (tertiary/aromatic N) is 1. The number of halogens is 2. The van der Waals surface area contributed by atoms with Gasteiger partial charge in [0.2, 0.25) is 0 Å². The Balaban J connectivity index is 2.20. The maximum atomic E-state index is 12.1. The smallest absolute Gasteiger partial charge is 0.168 e. The number of hydrogen-bond donors (Lipinski definition) is 0. The van der Waals surface area contributed by atoms with E-state index >= 15 is 0 Å². The van der Waals surface area contributed by atoms with Crippen LogP contribution in [0.3, 0.4) is 0 Å². The summed E-state index contributed by atoms with van der Waals surface area (Å²) in [6, 6.07) is 9.52.